The zero-order valence-electron chi connectivity index (χ0n) is 10.8. The van der Waals surface area contributed by atoms with Crippen molar-refractivity contribution in [2.24, 2.45) is 0 Å². The topological polar surface area (TPSA) is 29.9 Å². The van der Waals surface area contributed by atoms with Crippen LogP contribution < -0.4 is 5.32 Å². The zero-order valence-corrected chi connectivity index (χ0v) is 10.8. The average Bonchev–Trinajstić information content (AvgIpc) is 3.12. The molecular formula is C15H19N3. The van der Waals surface area contributed by atoms with E-state index in [1.807, 2.05) is 6.20 Å². The monoisotopic (exact) mass is 241 g/mol. The van der Waals surface area contributed by atoms with Gasteiger partial charge in [-0.25, -0.2) is 4.98 Å². The van der Waals surface area contributed by atoms with Crippen LogP contribution in [-0.4, -0.2) is 16.1 Å². The number of rotatable bonds is 5. The Morgan fingerprint density at radius 2 is 2.17 bits per heavy atom. The highest BCUT2D eigenvalue weighted by atomic mass is 15.2. The molecule has 94 valence electrons. The first-order valence-corrected chi connectivity index (χ1v) is 6.66. The third-order valence-corrected chi connectivity index (χ3v) is 3.55. The number of aromatic nitrogens is 2. The molecule has 0 saturated heterocycles. The van der Waals surface area contributed by atoms with E-state index in [1.165, 1.54) is 24.0 Å². The van der Waals surface area contributed by atoms with Crippen molar-refractivity contribution < 1.29 is 0 Å². The third-order valence-electron chi connectivity index (χ3n) is 3.55. The lowest BCUT2D eigenvalue weighted by molar-refractivity contribution is 0.742. The van der Waals surface area contributed by atoms with Gasteiger partial charge in [0.1, 0.15) is 0 Å². The summed E-state index contributed by atoms with van der Waals surface area (Å²) in [6.45, 7) is 3.11. The van der Waals surface area contributed by atoms with Gasteiger partial charge in [-0.15, -0.1) is 0 Å². The molecule has 3 heteroatoms. The number of imidazole rings is 1. The minimum absolute atomic E-state index is 0.688. The highest BCUT2D eigenvalue weighted by molar-refractivity contribution is 5.30. The van der Waals surface area contributed by atoms with Crippen LogP contribution in [-0.2, 0) is 6.42 Å². The summed E-state index contributed by atoms with van der Waals surface area (Å²) in [4.78, 5) is 4.38. The fourth-order valence-electron chi connectivity index (χ4n) is 2.30. The molecule has 1 fully saturated rings. The standard InChI is InChI=1S/C15H19N3/c1-12-4-2-3-5-13(12)8-9-16-15-17-10-11-18(15)14-6-7-14/h2-5,10-11,14H,6-9H2,1H3,(H,16,17). The minimum Gasteiger partial charge on any atom is -0.355 e. The molecule has 0 radical (unpaired) electrons. The molecule has 0 atom stereocenters. The lowest BCUT2D eigenvalue weighted by Gasteiger charge is -2.09. The van der Waals surface area contributed by atoms with E-state index in [4.69, 9.17) is 0 Å². The molecule has 0 bridgehead atoms. The first-order chi connectivity index (χ1) is 8.84. The van der Waals surface area contributed by atoms with Gasteiger partial charge in [-0.2, -0.15) is 0 Å². The van der Waals surface area contributed by atoms with Gasteiger partial charge >= 0.3 is 0 Å². The van der Waals surface area contributed by atoms with Gasteiger partial charge in [-0.05, 0) is 37.3 Å². The molecule has 2 aromatic rings. The van der Waals surface area contributed by atoms with Crippen molar-refractivity contribution in [3.63, 3.8) is 0 Å². The summed E-state index contributed by atoms with van der Waals surface area (Å²) in [5.41, 5.74) is 2.78. The van der Waals surface area contributed by atoms with Crippen molar-refractivity contribution in [2.75, 3.05) is 11.9 Å². The Morgan fingerprint density at radius 1 is 1.33 bits per heavy atom. The van der Waals surface area contributed by atoms with Crippen LogP contribution >= 0.6 is 0 Å². The molecule has 0 spiro atoms. The van der Waals surface area contributed by atoms with Crippen LogP contribution in [0.25, 0.3) is 0 Å². The van der Waals surface area contributed by atoms with Crippen molar-refractivity contribution in [1.29, 1.82) is 0 Å². The molecule has 1 N–H and O–H groups in total. The van der Waals surface area contributed by atoms with Crippen molar-refractivity contribution in [1.82, 2.24) is 9.55 Å². The molecular weight excluding hydrogens is 222 g/mol. The average molecular weight is 241 g/mol. The number of benzene rings is 1. The second-order valence-electron chi connectivity index (χ2n) is 4.99. The van der Waals surface area contributed by atoms with Gasteiger partial charge in [0.05, 0.1) is 0 Å². The van der Waals surface area contributed by atoms with Gasteiger partial charge < -0.3 is 9.88 Å². The lowest BCUT2D eigenvalue weighted by Crippen LogP contribution is -2.10. The number of aryl methyl sites for hydroxylation is 1. The molecule has 1 aromatic carbocycles. The highest BCUT2D eigenvalue weighted by Gasteiger charge is 2.25. The van der Waals surface area contributed by atoms with E-state index in [0.29, 0.717) is 6.04 Å². The Bertz CT molecular complexity index is 526. The van der Waals surface area contributed by atoms with Crippen LogP contribution in [0.2, 0.25) is 0 Å². The van der Waals surface area contributed by atoms with Gasteiger partial charge in [-0.3, -0.25) is 0 Å². The fourth-order valence-corrected chi connectivity index (χ4v) is 2.30. The summed E-state index contributed by atoms with van der Waals surface area (Å²) in [6.07, 6.45) is 7.60. The normalized spacial score (nSPS) is 14.7. The fraction of sp³-hybridized carbons (Fsp3) is 0.400. The molecule has 1 heterocycles. The third kappa shape index (κ3) is 2.40. The molecule has 1 aliphatic rings. The number of hydrogen-bond donors (Lipinski definition) is 1. The molecule has 1 aromatic heterocycles. The first-order valence-electron chi connectivity index (χ1n) is 6.66. The zero-order chi connectivity index (χ0) is 12.4. The van der Waals surface area contributed by atoms with Crippen LogP contribution in [0.1, 0.15) is 30.0 Å². The van der Waals surface area contributed by atoms with Crippen LogP contribution in [0.5, 0.6) is 0 Å². The van der Waals surface area contributed by atoms with Gasteiger partial charge in [0.25, 0.3) is 0 Å². The highest BCUT2D eigenvalue weighted by Crippen LogP contribution is 2.36. The second kappa shape index (κ2) is 4.84. The van der Waals surface area contributed by atoms with Gasteiger partial charge in [-0.1, -0.05) is 24.3 Å². The van der Waals surface area contributed by atoms with Crippen LogP contribution in [0.3, 0.4) is 0 Å². The van der Waals surface area contributed by atoms with Crippen LogP contribution in [0.15, 0.2) is 36.7 Å². The van der Waals surface area contributed by atoms with Crippen molar-refractivity contribution in [2.45, 2.75) is 32.2 Å². The summed E-state index contributed by atoms with van der Waals surface area (Å²) in [5, 5.41) is 3.44. The molecule has 0 unspecified atom stereocenters. The summed E-state index contributed by atoms with van der Waals surface area (Å²) < 4.78 is 2.26. The van der Waals surface area contributed by atoms with Gasteiger partial charge in [0.15, 0.2) is 0 Å². The maximum atomic E-state index is 4.38. The van der Waals surface area contributed by atoms with Crippen molar-refractivity contribution in [3.8, 4) is 0 Å². The van der Waals surface area contributed by atoms with E-state index < -0.39 is 0 Å². The van der Waals surface area contributed by atoms with Crippen molar-refractivity contribution in [3.05, 3.63) is 47.8 Å². The van der Waals surface area contributed by atoms with E-state index in [1.54, 1.807) is 0 Å². The molecule has 1 aliphatic carbocycles. The predicted molar refractivity (Wildman–Crippen MR) is 73.9 cm³/mol. The SMILES string of the molecule is Cc1ccccc1CCNc1nccn1C1CC1. The number of hydrogen-bond acceptors (Lipinski definition) is 2. The molecule has 3 nitrogen and oxygen atoms in total. The number of nitrogens with zero attached hydrogens (tertiary/aromatic N) is 2. The van der Waals surface area contributed by atoms with Crippen LogP contribution in [0, 0.1) is 6.92 Å². The summed E-state index contributed by atoms with van der Waals surface area (Å²) in [6, 6.07) is 9.25. The Hall–Kier alpha value is -1.77. The quantitative estimate of drug-likeness (QED) is 0.871. The predicted octanol–water partition coefficient (Wildman–Crippen LogP) is 3.18. The lowest BCUT2D eigenvalue weighted by atomic mass is 10.1. The van der Waals surface area contributed by atoms with Crippen LogP contribution in [0.4, 0.5) is 5.95 Å². The largest absolute Gasteiger partial charge is 0.355 e. The Kier molecular flexibility index (Phi) is 3.05. The first kappa shape index (κ1) is 11.3. The summed E-state index contributed by atoms with van der Waals surface area (Å²) in [7, 11) is 0. The molecule has 0 amide bonds. The van der Waals surface area contributed by atoms with E-state index in [9.17, 15) is 0 Å². The molecule has 3 rings (SSSR count). The minimum atomic E-state index is 0.688. The number of anilines is 1. The Labute approximate surface area is 108 Å². The number of nitrogens with one attached hydrogen (secondary N) is 1. The Morgan fingerprint density at radius 3 is 2.94 bits per heavy atom. The smallest absolute Gasteiger partial charge is 0.203 e. The molecule has 0 aliphatic heterocycles. The summed E-state index contributed by atoms with van der Waals surface area (Å²) >= 11 is 0. The molecule has 18 heavy (non-hydrogen) atoms. The van der Waals surface area contributed by atoms with Gasteiger partial charge in [0.2, 0.25) is 5.95 Å². The van der Waals surface area contributed by atoms with Crippen molar-refractivity contribution >= 4 is 5.95 Å². The second-order valence-corrected chi connectivity index (χ2v) is 4.99. The van der Waals surface area contributed by atoms with E-state index in [-0.39, 0.29) is 0 Å². The maximum Gasteiger partial charge on any atom is 0.203 e. The Balaban J connectivity index is 1.58. The van der Waals surface area contributed by atoms with E-state index >= 15 is 0 Å². The van der Waals surface area contributed by atoms with Gasteiger partial charge in [0, 0.05) is 25.0 Å². The van der Waals surface area contributed by atoms with E-state index in [2.05, 4.69) is 52.3 Å². The van der Waals surface area contributed by atoms with E-state index in [0.717, 1.165) is 18.9 Å². The molecule has 1 saturated carbocycles. The summed E-state index contributed by atoms with van der Waals surface area (Å²) in [5.74, 6) is 1.02. The maximum absolute atomic E-state index is 4.38.